The molecule has 0 saturated carbocycles. The second-order valence-corrected chi connectivity index (χ2v) is 7.96. The highest BCUT2D eigenvalue weighted by molar-refractivity contribution is 7.17. The first-order valence-corrected chi connectivity index (χ1v) is 10.0. The van der Waals surface area contributed by atoms with Crippen LogP contribution in [-0.4, -0.2) is 33.8 Å². The molecule has 6 nitrogen and oxygen atoms in total. The molecule has 3 aromatic rings. The van der Waals surface area contributed by atoms with Crippen LogP contribution < -0.4 is 10.2 Å². The van der Waals surface area contributed by atoms with Crippen molar-refractivity contribution in [3.63, 3.8) is 0 Å². The number of carbonyl (C=O) groups is 1. The van der Waals surface area contributed by atoms with Gasteiger partial charge in [0.2, 0.25) is 16.2 Å². The van der Waals surface area contributed by atoms with Gasteiger partial charge in [0.05, 0.1) is 0 Å². The maximum Gasteiger partial charge on any atom is 0.227 e. The quantitative estimate of drug-likeness (QED) is 0.747. The van der Waals surface area contributed by atoms with Crippen LogP contribution in [-0.2, 0) is 4.79 Å². The van der Waals surface area contributed by atoms with Gasteiger partial charge in [0, 0.05) is 37.1 Å². The Balaban J connectivity index is 1.35. The van der Waals surface area contributed by atoms with Crippen LogP contribution in [0.25, 0.3) is 5.13 Å². The second kappa shape index (κ2) is 7.52. The number of anilines is 2. The van der Waals surface area contributed by atoms with Crippen LogP contribution >= 0.6 is 11.3 Å². The van der Waals surface area contributed by atoms with E-state index in [1.54, 1.807) is 11.3 Å². The average Bonchev–Trinajstić information content (AvgIpc) is 3.35. The monoisotopic (exact) mass is 381 g/mol. The van der Waals surface area contributed by atoms with E-state index in [1.165, 1.54) is 5.56 Å². The summed E-state index contributed by atoms with van der Waals surface area (Å²) in [6, 6.07) is 10.1. The van der Waals surface area contributed by atoms with E-state index in [2.05, 4.69) is 33.4 Å². The Labute approximate surface area is 162 Å². The highest BCUT2D eigenvalue weighted by atomic mass is 32.1. The predicted molar refractivity (Wildman–Crippen MR) is 109 cm³/mol. The van der Waals surface area contributed by atoms with Crippen molar-refractivity contribution in [3.05, 3.63) is 53.9 Å². The third-order valence-corrected chi connectivity index (χ3v) is 6.00. The van der Waals surface area contributed by atoms with E-state index in [4.69, 9.17) is 0 Å². The Bertz CT molecular complexity index is 926. The summed E-state index contributed by atoms with van der Waals surface area (Å²) in [6.07, 6.45) is 5.59. The Morgan fingerprint density at radius 3 is 2.52 bits per heavy atom. The highest BCUT2D eigenvalue weighted by Crippen LogP contribution is 2.28. The van der Waals surface area contributed by atoms with Gasteiger partial charge in [0.15, 0.2) is 0 Å². The number of aryl methyl sites for hydroxylation is 2. The summed E-state index contributed by atoms with van der Waals surface area (Å²) in [5.74, 6) is 0.158. The van der Waals surface area contributed by atoms with Crippen LogP contribution in [0.4, 0.5) is 10.8 Å². The minimum atomic E-state index is 0.0405. The molecule has 0 atom stereocenters. The summed E-state index contributed by atoms with van der Waals surface area (Å²) >= 11 is 1.58. The van der Waals surface area contributed by atoms with E-state index in [0.29, 0.717) is 0 Å². The zero-order valence-corrected chi connectivity index (χ0v) is 16.4. The Hall–Kier alpha value is -2.67. The van der Waals surface area contributed by atoms with Gasteiger partial charge >= 0.3 is 0 Å². The lowest BCUT2D eigenvalue weighted by Crippen LogP contribution is -2.38. The number of carbonyl (C=O) groups excluding carboxylic acids is 1. The molecular formula is C20H23N5OS. The molecule has 1 aromatic carbocycles. The molecule has 0 unspecified atom stereocenters. The van der Waals surface area contributed by atoms with Crippen molar-refractivity contribution in [2.75, 3.05) is 23.3 Å². The van der Waals surface area contributed by atoms with Crippen molar-refractivity contribution < 1.29 is 4.79 Å². The van der Waals surface area contributed by atoms with Crippen LogP contribution in [0, 0.1) is 19.8 Å². The standard InChI is InChI=1S/C20H23N5OS/c1-14-5-6-17(15(2)13-14)21-18(26)16-7-11-25(12-8-16)20-23-22-19(27-20)24-9-3-4-10-24/h3-6,9-10,13,16H,7-8,11-12H2,1-2H3,(H,21,26). The zero-order chi connectivity index (χ0) is 18.8. The molecule has 1 fully saturated rings. The van der Waals surface area contributed by atoms with Crippen LogP contribution in [0.15, 0.2) is 42.7 Å². The highest BCUT2D eigenvalue weighted by Gasteiger charge is 2.27. The molecule has 27 heavy (non-hydrogen) atoms. The van der Waals surface area contributed by atoms with E-state index < -0.39 is 0 Å². The fourth-order valence-electron chi connectivity index (χ4n) is 3.42. The number of amides is 1. The Morgan fingerprint density at radius 2 is 1.81 bits per heavy atom. The summed E-state index contributed by atoms with van der Waals surface area (Å²) in [5, 5.41) is 13.5. The number of benzene rings is 1. The maximum absolute atomic E-state index is 12.6. The van der Waals surface area contributed by atoms with Gasteiger partial charge in [-0.15, -0.1) is 10.2 Å². The molecule has 1 aliphatic heterocycles. The Kier molecular flexibility index (Phi) is 4.94. The molecule has 140 valence electrons. The normalized spacial score (nSPS) is 15.1. The molecule has 4 rings (SSSR count). The minimum absolute atomic E-state index is 0.0405. The first-order valence-electron chi connectivity index (χ1n) is 9.20. The summed E-state index contributed by atoms with van der Waals surface area (Å²) in [5.41, 5.74) is 3.22. The fraction of sp³-hybridized carbons (Fsp3) is 0.350. The molecule has 0 aliphatic carbocycles. The van der Waals surface area contributed by atoms with Crippen molar-refractivity contribution in [1.29, 1.82) is 0 Å². The predicted octanol–water partition coefficient (Wildman–Crippen LogP) is 3.80. The average molecular weight is 382 g/mol. The zero-order valence-electron chi connectivity index (χ0n) is 15.6. The van der Waals surface area contributed by atoms with Gasteiger partial charge in [-0.1, -0.05) is 29.0 Å². The van der Waals surface area contributed by atoms with E-state index in [0.717, 1.165) is 47.4 Å². The number of aromatic nitrogens is 3. The lowest BCUT2D eigenvalue weighted by Gasteiger charge is -2.30. The number of rotatable bonds is 4. The van der Waals surface area contributed by atoms with E-state index in [9.17, 15) is 4.79 Å². The number of hydrogen-bond donors (Lipinski definition) is 1. The molecule has 0 spiro atoms. The van der Waals surface area contributed by atoms with Crippen LogP contribution in [0.5, 0.6) is 0 Å². The third-order valence-electron chi connectivity index (χ3n) is 5.01. The lowest BCUT2D eigenvalue weighted by molar-refractivity contribution is -0.120. The molecular weight excluding hydrogens is 358 g/mol. The maximum atomic E-state index is 12.6. The smallest absolute Gasteiger partial charge is 0.227 e. The van der Waals surface area contributed by atoms with Gasteiger partial charge in [-0.05, 0) is 50.5 Å². The van der Waals surface area contributed by atoms with Gasteiger partial charge in [-0.2, -0.15) is 0 Å². The van der Waals surface area contributed by atoms with Crippen molar-refractivity contribution in [3.8, 4) is 5.13 Å². The Morgan fingerprint density at radius 1 is 1.11 bits per heavy atom. The first-order chi connectivity index (χ1) is 13.1. The summed E-state index contributed by atoms with van der Waals surface area (Å²) in [7, 11) is 0. The second-order valence-electron chi connectivity index (χ2n) is 7.03. The third kappa shape index (κ3) is 3.88. The molecule has 0 bridgehead atoms. The van der Waals surface area contributed by atoms with E-state index in [-0.39, 0.29) is 11.8 Å². The van der Waals surface area contributed by atoms with Crippen LogP contribution in [0.2, 0.25) is 0 Å². The molecule has 7 heteroatoms. The number of piperidine rings is 1. The molecule has 1 aliphatic rings. The number of hydrogen-bond acceptors (Lipinski definition) is 5. The van der Waals surface area contributed by atoms with Gasteiger partial charge in [-0.3, -0.25) is 9.36 Å². The van der Waals surface area contributed by atoms with Gasteiger partial charge in [0.1, 0.15) is 0 Å². The lowest BCUT2D eigenvalue weighted by atomic mass is 9.96. The summed E-state index contributed by atoms with van der Waals surface area (Å²) < 4.78 is 1.96. The van der Waals surface area contributed by atoms with E-state index >= 15 is 0 Å². The summed E-state index contributed by atoms with van der Waals surface area (Å²) in [6.45, 7) is 5.74. The topological polar surface area (TPSA) is 63.1 Å². The first kappa shape index (κ1) is 17.7. The van der Waals surface area contributed by atoms with Crippen molar-refractivity contribution in [2.45, 2.75) is 26.7 Å². The largest absolute Gasteiger partial charge is 0.347 e. The van der Waals surface area contributed by atoms with Gasteiger partial charge in [0.25, 0.3) is 0 Å². The summed E-state index contributed by atoms with van der Waals surface area (Å²) in [4.78, 5) is 14.9. The van der Waals surface area contributed by atoms with Crippen molar-refractivity contribution in [1.82, 2.24) is 14.8 Å². The van der Waals surface area contributed by atoms with Crippen LogP contribution in [0.1, 0.15) is 24.0 Å². The van der Waals surface area contributed by atoms with Gasteiger partial charge in [-0.25, -0.2) is 0 Å². The molecule has 1 N–H and O–H groups in total. The molecule has 1 amide bonds. The fourth-order valence-corrected chi connectivity index (χ4v) is 4.29. The minimum Gasteiger partial charge on any atom is -0.347 e. The number of nitrogens with one attached hydrogen (secondary N) is 1. The molecule has 1 saturated heterocycles. The molecule has 0 radical (unpaired) electrons. The molecule has 3 heterocycles. The van der Waals surface area contributed by atoms with Crippen molar-refractivity contribution in [2.24, 2.45) is 5.92 Å². The van der Waals surface area contributed by atoms with E-state index in [1.807, 2.05) is 48.1 Å². The molecule has 2 aromatic heterocycles. The van der Waals surface area contributed by atoms with Gasteiger partial charge < -0.3 is 10.2 Å². The van der Waals surface area contributed by atoms with Crippen molar-refractivity contribution >= 4 is 28.1 Å². The SMILES string of the molecule is Cc1ccc(NC(=O)C2CCN(c3nnc(-n4cccc4)s3)CC2)c(C)c1. The number of nitrogens with zero attached hydrogens (tertiary/aromatic N) is 4. The van der Waals surface area contributed by atoms with Crippen LogP contribution in [0.3, 0.4) is 0 Å².